The first-order chi connectivity index (χ1) is 15.5. The lowest BCUT2D eigenvalue weighted by atomic mass is 9.96. The van der Waals surface area contributed by atoms with E-state index in [9.17, 15) is 4.79 Å². The van der Waals surface area contributed by atoms with Crippen LogP contribution in [0.15, 0.2) is 91.0 Å². The summed E-state index contributed by atoms with van der Waals surface area (Å²) >= 11 is 0. The molecule has 0 aliphatic carbocycles. The highest BCUT2D eigenvalue weighted by Crippen LogP contribution is 2.32. The average Bonchev–Trinajstić information content (AvgIpc) is 2.86. The van der Waals surface area contributed by atoms with Crippen molar-refractivity contribution in [2.24, 2.45) is 5.92 Å². The fourth-order valence-electron chi connectivity index (χ4n) is 4.30. The maximum absolute atomic E-state index is 13.9. The van der Waals surface area contributed by atoms with Gasteiger partial charge in [-0.1, -0.05) is 97.9 Å². The van der Waals surface area contributed by atoms with Crippen LogP contribution in [0.4, 0.5) is 0 Å². The lowest BCUT2D eigenvalue weighted by Gasteiger charge is -2.38. The van der Waals surface area contributed by atoms with E-state index in [0.717, 1.165) is 17.5 Å². The lowest BCUT2D eigenvalue weighted by Crippen LogP contribution is -2.43. The summed E-state index contributed by atoms with van der Waals surface area (Å²) in [6.07, 6.45) is 0.798. The van der Waals surface area contributed by atoms with Crippen LogP contribution in [-0.2, 0) is 4.79 Å². The number of nitrogens with one attached hydrogen (secondary N) is 1. The Labute approximate surface area is 193 Å². The zero-order valence-electron chi connectivity index (χ0n) is 19.7. The SMILES string of the molecule is CC[C@H](CN[C@@H](C)c1ccccc1)C(=O)N([C@H](C)c1ccccc1)[C@H](C)c1ccccc1. The Hall–Kier alpha value is -2.91. The Kier molecular flexibility index (Phi) is 8.64. The van der Waals surface area contributed by atoms with Gasteiger partial charge in [-0.05, 0) is 43.9 Å². The van der Waals surface area contributed by atoms with Gasteiger partial charge in [-0.25, -0.2) is 0 Å². The molecule has 0 fully saturated rings. The third-order valence-corrected chi connectivity index (χ3v) is 6.46. The van der Waals surface area contributed by atoms with Gasteiger partial charge in [0, 0.05) is 12.6 Å². The van der Waals surface area contributed by atoms with E-state index in [1.165, 1.54) is 5.56 Å². The summed E-state index contributed by atoms with van der Waals surface area (Å²) in [5, 5.41) is 3.60. The van der Waals surface area contributed by atoms with Crippen LogP contribution in [0.2, 0.25) is 0 Å². The first-order valence-corrected chi connectivity index (χ1v) is 11.7. The Morgan fingerprint density at radius 3 is 1.53 bits per heavy atom. The van der Waals surface area contributed by atoms with Crippen LogP contribution in [0.1, 0.15) is 68.9 Å². The van der Waals surface area contributed by atoms with Crippen LogP contribution >= 0.6 is 0 Å². The highest BCUT2D eigenvalue weighted by atomic mass is 16.2. The molecule has 0 aliphatic rings. The predicted molar refractivity (Wildman–Crippen MR) is 133 cm³/mol. The summed E-state index contributed by atoms with van der Waals surface area (Å²) in [5.74, 6) is 0.117. The molecule has 4 atom stereocenters. The molecule has 0 saturated carbocycles. The van der Waals surface area contributed by atoms with Gasteiger partial charge in [0.15, 0.2) is 0 Å². The van der Waals surface area contributed by atoms with Gasteiger partial charge in [-0.2, -0.15) is 0 Å². The van der Waals surface area contributed by atoms with Crippen LogP contribution in [0.5, 0.6) is 0 Å². The minimum absolute atomic E-state index is 0.0143. The van der Waals surface area contributed by atoms with Crippen molar-refractivity contribution < 1.29 is 4.79 Å². The first kappa shape index (κ1) is 23.7. The first-order valence-electron chi connectivity index (χ1n) is 11.7. The highest BCUT2D eigenvalue weighted by molar-refractivity contribution is 5.80. The third-order valence-electron chi connectivity index (χ3n) is 6.46. The summed E-state index contributed by atoms with van der Waals surface area (Å²) in [7, 11) is 0. The Morgan fingerprint density at radius 2 is 1.12 bits per heavy atom. The molecule has 0 heterocycles. The highest BCUT2D eigenvalue weighted by Gasteiger charge is 2.32. The molecule has 168 valence electrons. The second-order valence-corrected chi connectivity index (χ2v) is 8.56. The van der Waals surface area contributed by atoms with Crippen LogP contribution in [0.3, 0.4) is 0 Å². The van der Waals surface area contributed by atoms with Gasteiger partial charge in [-0.3, -0.25) is 4.79 Å². The molecule has 0 aromatic heterocycles. The maximum atomic E-state index is 13.9. The van der Waals surface area contributed by atoms with Crippen molar-refractivity contribution in [1.29, 1.82) is 0 Å². The summed E-state index contributed by atoms with van der Waals surface area (Å²) < 4.78 is 0. The lowest BCUT2D eigenvalue weighted by molar-refractivity contribution is -0.140. The molecule has 3 heteroatoms. The van der Waals surface area contributed by atoms with Gasteiger partial charge in [-0.15, -0.1) is 0 Å². The number of carbonyl (C=O) groups is 1. The number of carbonyl (C=O) groups excluding carboxylic acids is 1. The van der Waals surface area contributed by atoms with Gasteiger partial charge in [0.05, 0.1) is 18.0 Å². The van der Waals surface area contributed by atoms with Gasteiger partial charge in [0.2, 0.25) is 5.91 Å². The van der Waals surface area contributed by atoms with E-state index in [4.69, 9.17) is 0 Å². The standard InChI is InChI=1S/C29H36N2O/c1-5-25(21-30-22(2)26-15-9-6-10-16-26)29(32)31(23(3)27-17-11-7-12-18-27)24(4)28-19-13-8-14-20-28/h6-20,22-25,30H,5,21H2,1-4H3/t22-,23+,24+,25+/m0/s1. The monoisotopic (exact) mass is 428 g/mol. The van der Waals surface area contributed by atoms with Crippen molar-refractivity contribution >= 4 is 5.91 Å². The van der Waals surface area contributed by atoms with E-state index >= 15 is 0 Å². The fourth-order valence-corrected chi connectivity index (χ4v) is 4.30. The second kappa shape index (κ2) is 11.6. The largest absolute Gasteiger partial charge is 0.329 e. The van der Waals surface area contributed by atoms with Crippen LogP contribution in [0, 0.1) is 5.92 Å². The maximum Gasteiger partial charge on any atom is 0.227 e. The Balaban J connectivity index is 1.82. The molecule has 0 aliphatic heterocycles. The number of hydrogen-bond acceptors (Lipinski definition) is 2. The van der Waals surface area contributed by atoms with Crippen molar-refractivity contribution in [3.63, 3.8) is 0 Å². The smallest absolute Gasteiger partial charge is 0.227 e. The van der Waals surface area contributed by atoms with Gasteiger partial charge < -0.3 is 10.2 Å². The molecule has 1 amide bonds. The Bertz CT molecular complexity index is 897. The number of benzene rings is 3. The van der Waals surface area contributed by atoms with Crippen molar-refractivity contribution in [3.05, 3.63) is 108 Å². The van der Waals surface area contributed by atoms with Crippen LogP contribution in [-0.4, -0.2) is 17.4 Å². The van der Waals surface area contributed by atoms with E-state index < -0.39 is 0 Å². The molecule has 0 bridgehead atoms. The van der Waals surface area contributed by atoms with E-state index in [0.29, 0.717) is 6.54 Å². The summed E-state index contributed by atoms with van der Waals surface area (Å²) in [5.41, 5.74) is 3.55. The number of nitrogens with zero attached hydrogens (tertiary/aromatic N) is 1. The molecule has 0 saturated heterocycles. The van der Waals surface area contributed by atoms with Crippen molar-refractivity contribution in [2.75, 3.05) is 6.54 Å². The minimum atomic E-state index is -0.0847. The Morgan fingerprint density at radius 1 is 0.719 bits per heavy atom. The van der Waals surface area contributed by atoms with Crippen molar-refractivity contribution in [1.82, 2.24) is 10.2 Å². The number of rotatable bonds is 10. The topological polar surface area (TPSA) is 32.3 Å². The van der Waals surface area contributed by atoms with E-state index in [2.05, 4.69) is 86.4 Å². The summed E-state index contributed by atoms with van der Waals surface area (Å²) in [6, 6.07) is 31.2. The summed E-state index contributed by atoms with van der Waals surface area (Å²) in [4.78, 5) is 16.0. The average molecular weight is 429 g/mol. The molecule has 0 spiro atoms. The van der Waals surface area contributed by atoms with Crippen molar-refractivity contribution in [2.45, 2.75) is 52.2 Å². The quantitative estimate of drug-likeness (QED) is 0.389. The zero-order valence-corrected chi connectivity index (χ0v) is 19.7. The molecule has 0 unspecified atom stereocenters. The molecule has 3 aromatic rings. The van der Waals surface area contributed by atoms with Gasteiger partial charge >= 0.3 is 0 Å². The van der Waals surface area contributed by atoms with Crippen LogP contribution in [0.25, 0.3) is 0 Å². The molecule has 3 nitrogen and oxygen atoms in total. The molecule has 0 radical (unpaired) electrons. The van der Waals surface area contributed by atoms with Crippen molar-refractivity contribution in [3.8, 4) is 0 Å². The molecule has 3 aromatic carbocycles. The van der Waals surface area contributed by atoms with E-state index in [1.54, 1.807) is 0 Å². The summed E-state index contributed by atoms with van der Waals surface area (Å²) in [6.45, 7) is 9.20. The number of amides is 1. The van der Waals surface area contributed by atoms with Crippen LogP contribution < -0.4 is 5.32 Å². The fraction of sp³-hybridized carbons (Fsp3) is 0.345. The normalized spacial score (nSPS) is 14.9. The predicted octanol–water partition coefficient (Wildman–Crippen LogP) is 6.71. The van der Waals surface area contributed by atoms with E-state index in [1.807, 2.05) is 42.5 Å². The second-order valence-electron chi connectivity index (χ2n) is 8.56. The number of hydrogen-bond donors (Lipinski definition) is 1. The molecular weight excluding hydrogens is 392 g/mol. The third kappa shape index (κ3) is 5.86. The molecule has 3 rings (SSSR count). The molecular formula is C29H36N2O. The van der Waals surface area contributed by atoms with Gasteiger partial charge in [0.25, 0.3) is 0 Å². The van der Waals surface area contributed by atoms with Gasteiger partial charge in [0.1, 0.15) is 0 Å². The minimum Gasteiger partial charge on any atom is -0.329 e. The van der Waals surface area contributed by atoms with E-state index in [-0.39, 0.29) is 30.0 Å². The zero-order chi connectivity index (χ0) is 22.9. The molecule has 32 heavy (non-hydrogen) atoms. The molecule has 1 N–H and O–H groups in total.